The van der Waals surface area contributed by atoms with Gasteiger partial charge in [-0.05, 0) is 95.7 Å². The molecule has 0 aliphatic heterocycles. The van der Waals surface area contributed by atoms with Gasteiger partial charge in [-0.3, -0.25) is 0 Å². The fourth-order valence-electron chi connectivity index (χ4n) is 9.33. The lowest BCUT2D eigenvalue weighted by molar-refractivity contribution is 0.669. The summed E-state index contributed by atoms with van der Waals surface area (Å²) in [6.45, 7) is 8.63. The van der Waals surface area contributed by atoms with E-state index in [1.807, 2.05) is 48.5 Å². The zero-order valence-electron chi connectivity index (χ0n) is 32.0. The van der Waals surface area contributed by atoms with Crippen LogP contribution in [0.2, 0.25) is 0 Å². The Kier molecular flexibility index (Phi) is 7.26. The van der Waals surface area contributed by atoms with Gasteiger partial charge in [-0.15, -0.1) is 0 Å². The summed E-state index contributed by atoms with van der Waals surface area (Å²) < 4.78 is 10.8. The summed E-state index contributed by atoms with van der Waals surface area (Å²) in [6, 6.07) is 67.0. The Bertz CT molecular complexity index is 3760. The fourth-order valence-corrected chi connectivity index (χ4v) is 9.33. The van der Waals surface area contributed by atoms with Crippen molar-refractivity contribution in [3.05, 3.63) is 205 Å². The molecule has 0 unspecified atom stereocenters. The summed E-state index contributed by atoms with van der Waals surface area (Å²) in [5.74, 6) is 0. The van der Waals surface area contributed by atoms with Gasteiger partial charge in [0.05, 0.1) is 45.6 Å². The molecule has 0 aliphatic rings. The maximum Gasteiger partial charge on any atom is 0.212 e. The maximum atomic E-state index is 11.1. The van der Waals surface area contributed by atoms with Gasteiger partial charge in [-0.25, -0.2) is 4.85 Å². The SMILES string of the molecule is [C-]#[N+]c1cc(-n2c3ccc(N(c4ccccc4)c4ccccc4)cc3c3cc4oc5ccccc5c4cc32)c(C#N)cc1-n1c2ccccc2c2c3ccccc3ccc21. The minimum atomic E-state index is 0.445. The lowest BCUT2D eigenvalue weighted by atomic mass is 10.0. The van der Waals surface area contributed by atoms with Crippen LogP contribution in [0.4, 0.5) is 22.7 Å². The van der Waals surface area contributed by atoms with Crippen molar-refractivity contribution in [1.82, 2.24) is 9.13 Å². The van der Waals surface area contributed by atoms with Gasteiger partial charge >= 0.3 is 0 Å². The average Bonchev–Trinajstić information content (AvgIpc) is 3.95. The van der Waals surface area contributed by atoms with Crippen LogP contribution in [-0.4, -0.2) is 9.13 Å². The van der Waals surface area contributed by atoms with Gasteiger partial charge in [0, 0.05) is 49.4 Å². The van der Waals surface area contributed by atoms with Crippen LogP contribution in [0, 0.1) is 17.9 Å². The van der Waals surface area contributed by atoms with E-state index < -0.39 is 0 Å². The van der Waals surface area contributed by atoms with Crippen molar-refractivity contribution in [2.24, 2.45) is 0 Å². The van der Waals surface area contributed by atoms with Crippen LogP contribution in [0.5, 0.6) is 0 Å². The van der Waals surface area contributed by atoms with E-state index in [0.717, 1.165) is 93.4 Å². The summed E-state index contributed by atoms with van der Waals surface area (Å²) in [5, 5.41) is 19.6. The lowest BCUT2D eigenvalue weighted by Crippen LogP contribution is -2.09. The topological polar surface area (TPSA) is 54.4 Å². The van der Waals surface area contributed by atoms with E-state index in [-0.39, 0.29) is 0 Å². The number of benzene rings is 9. The van der Waals surface area contributed by atoms with Gasteiger partial charge in [0.1, 0.15) is 17.2 Å². The highest BCUT2D eigenvalue weighted by Gasteiger charge is 2.24. The molecule has 0 saturated carbocycles. The first kappa shape index (κ1) is 33.5. The van der Waals surface area contributed by atoms with Gasteiger partial charge < -0.3 is 18.5 Å². The number of hydrogen-bond acceptors (Lipinski definition) is 3. The van der Waals surface area contributed by atoms with Crippen molar-refractivity contribution in [3.63, 3.8) is 0 Å². The predicted molar refractivity (Wildman–Crippen MR) is 246 cm³/mol. The molecule has 0 N–H and O–H groups in total. The number of anilines is 3. The van der Waals surface area contributed by atoms with Gasteiger partial charge in [0.25, 0.3) is 0 Å². The first-order chi connectivity index (χ1) is 29.7. The molecule has 0 atom stereocenters. The molecule has 0 spiro atoms. The number of para-hydroxylation sites is 4. The fraction of sp³-hybridized carbons (Fsp3) is 0. The molecule has 6 nitrogen and oxygen atoms in total. The van der Waals surface area contributed by atoms with Gasteiger partial charge in [0.15, 0.2) is 0 Å². The molecule has 0 fully saturated rings. The number of aromatic nitrogens is 2. The maximum absolute atomic E-state index is 11.1. The number of fused-ring (bicyclic) bond motifs is 11. The van der Waals surface area contributed by atoms with E-state index >= 15 is 0 Å². The first-order valence-electron chi connectivity index (χ1n) is 19.9. The molecule has 0 saturated heterocycles. The van der Waals surface area contributed by atoms with Crippen molar-refractivity contribution in [2.45, 2.75) is 0 Å². The third kappa shape index (κ3) is 4.86. The largest absolute Gasteiger partial charge is 0.456 e. The van der Waals surface area contributed by atoms with Crippen LogP contribution >= 0.6 is 0 Å². The lowest BCUT2D eigenvalue weighted by Gasteiger charge is -2.25. The minimum absolute atomic E-state index is 0.445. The molecule has 6 heteroatoms. The van der Waals surface area contributed by atoms with Crippen molar-refractivity contribution in [1.29, 1.82) is 5.26 Å². The molecule has 12 rings (SSSR count). The summed E-state index contributed by atoms with van der Waals surface area (Å²) in [7, 11) is 0. The molecule has 0 amide bonds. The van der Waals surface area contributed by atoms with Crippen molar-refractivity contribution >= 4 is 99.1 Å². The van der Waals surface area contributed by atoms with Crippen LogP contribution in [0.25, 0.3) is 92.5 Å². The zero-order valence-corrected chi connectivity index (χ0v) is 32.0. The Morgan fingerprint density at radius 3 is 1.87 bits per heavy atom. The van der Waals surface area contributed by atoms with Crippen LogP contribution in [0.3, 0.4) is 0 Å². The first-order valence-corrected chi connectivity index (χ1v) is 19.9. The van der Waals surface area contributed by atoms with Crippen LogP contribution in [-0.2, 0) is 0 Å². The van der Waals surface area contributed by atoms with E-state index in [4.69, 9.17) is 11.0 Å². The number of furan rings is 1. The molecule has 0 aliphatic carbocycles. The number of rotatable bonds is 5. The Hall–Kier alpha value is -8.58. The quantitative estimate of drug-likeness (QED) is 0.164. The molecule has 0 radical (unpaired) electrons. The average molecular weight is 766 g/mol. The highest BCUT2D eigenvalue weighted by molar-refractivity contribution is 6.22. The predicted octanol–water partition coefficient (Wildman–Crippen LogP) is 14.8. The van der Waals surface area contributed by atoms with E-state index in [0.29, 0.717) is 22.6 Å². The summed E-state index contributed by atoms with van der Waals surface area (Å²) in [6.07, 6.45) is 0. The van der Waals surface area contributed by atoms with E-state index in [1.165, 1.54) is 0 Å². The number of nitriles is 1. The van der Waals surface area contributed by atoms with E-state index in [1.54, 1.807) is 0 Å². The highest BCUT2D eigenvalue weighted by atomic mass is 16.3. The van der Waals surface area contributed by atoms with Gasteiger partial charge in [-0.1, -0.05) is 103 Å². The Labute approximate surface area is 344 Å². The smallest absolute Gasteiger partial charge is 0.212 e. The normalized spacial score (nSPS) is 11.6. The summed E-state index contributed by atoms with van der Waals surface area (Å²) >= 11 is 0. The van der Waals surface area contributed by atoms with Crippen molar-refractivity contribution in [3.8, 4) is 17.4 Å². The monoisotopic (exact) mass is 765 g/mol. The van der Waals surface area contributed by atoms with Crippen molar-refractivity contribution < 1.29 is 4.42 Å². The van der Waals surface area contributed by atoms with E-state index in [2.05, 4.69) is 164 Å². The Morgan fingerprint density at radius 2 is 1.10 bits per heavy atom. The minimum Gasteiger partial charge on any atom is -0.456 e. The van der Waals surface area contributed by atoms with Crippen LogP contribution < -0.4 is 4.90 Å². The summed E-state index contributed by atoms with van der Waals surface area (Å²) in [5.41, 5.74) is 10.6. The number of hydrogen-bond donors (Lipinski definition) is 0. The molecular weight excluding hydrogens is 735 g/mol. The molecule has 0 bridgehead atoms. The molecule has 3 aromatic heterocycles. The highest BCUT2D eigenvalue weighted by Crippen LogP contribution is 2.45. The molecule has 3 heterocycles. The molecule has 60 heavy (non-hydrogen) atoms. The third-order valence-corrected chi connectivity index (χ3v) is 11.9. The molecule has 9 aromatic carbocycles. The van der Waals surface area contributed by atoms with Crippen LogP contribution in [0.1, 0.15) is 5.56 Å². The standard InChI is InChI=1S/C54H31N5O/c1-56-45-32-49(35(33-55)28-51(45)58-46-22-12-10-21-41(46)54-39-19-9-8-14-34(39)24-26-48(54)58)59-47-27-25-38(57(36-15-4-2-5-16-36)37-17-6-3-7-18-37)29-42(47)43-31-53-44(30-50(43)59)40-20-11-13-23-52(40)60-53/h2-32H. The van der Waals surface area contributed by atoms with Crippen LogP contribution in [0.15, 0.2) is 192 Å². The second-order valence-electron chi connectivity index (χ2n) is 15.1. The molecular formula is C54H31N5O. The van der Waals surface area contributed by atoms with Gasteiger partial charge in [0.2, 0.25) is 5.69 Å². The van der Waals surface area contributed by atoms with E-state index in [9.17, 15) is 5.26 Å². The Morgan fingerprint density at radius 1 is 0.467 bits per heavy atom. The molecule has 12 aromatic rings. The molecule has 278 valence electrons. The summed E-state index contributed by atoms with van der Waals surface area (Å²) in [4.78, 5) is 6.43. The second-order valence-corrected chi connectivity index (χ2v) is 15.1. The Balaban J connectivity index is 1.15. The number of nitrogens with zero attached hydrogens (tertiary/aromatic N) is 5. The third-order valence-electron chi connectivity index (χ3n) is 11.9. The zero-order chi connectivity index (χ0) is 39.9. The van der Waals surface area contributed by atoms with Crippen molar-refractivity contribution in [2.75, 3.05) is 4.90 Å². The van der Waals surface area contributed by atoms with Gasteiger partial charge in [-0.2, -0.15) is 5.26 Å². The second kappa shape index (κ2) is 13.0.